The molecule has 0 saturated heterocycles. The van der Waals surface area contributed by atoms with Crippen molar-refractivity contribution in [2.24, 2.45) is 5.73 Å². The first kappa shape index (κ1) is 13.2. The lowest BCUT2D eigenvalue weighted by Gasteiger charge is -2.09. The second-order valence-electron chi connectivity index (χ2n) is 3.17. The smallest absolute Gasteiger partial charge is 0.422 e. The number of hydrogen-bond donors (Lipinski definition) is 1. The third-order valence-corrected chi connectivity index (χ3v) is 1.85. The second-order valence-corrected chi connectivity index (χ2v) is 3.17. The summed E-state index contributed by atoms with van der Waals surface area (Å²) in [6.45, 7) is -1.52. The Kier molecular flexibility index (Phi) is 3.89. The number of ether oxygens (including phenoxy) is 1. The fraction of sp³-hybridized carbons (Fsp3) is 0.333. The Balaban J connectivity index is 2.95. The van der Waals surface area contributed by atoms with Gasteiger partial charge in [-0.2, -0.15) is 13.2 Å². The van der Waals surface area contributed by atoms with Gasteiger partial charge in [-0.25, -0.2) is 0 Å². The van der Waals surface area contributed by atoms with Gasteiger partial charge in [0.15, 0.2) is 12.4 Å². The van der Waals surface area contributed by atoms with Crippen molar-refractivity contribution in [3.63, 3.8) is 0 Å². The van der Waals surface area contributed by atoms with Crippen LogP contribution in [-0.4, -0.2) is 17.7 Å². The van der Waals surface area contributed by atoms with Gasteiger partial charge < -0.3 is 10.5 Å². The zero-order valence-corrected chi connectivity index (χ0v) is 8.53. The van der Waals surface area contributed by atoms with E-state index in [4.69, 9.17) is 5.73 Å². The number of halogens is 3. The van der Waals surface area contributed by atoms with E-state index in [2.05, 4.69) is 4.74 Å². The monoisotopic (exact) mass is 250 g/mol. The first-order valence-electron chi connectivity index (χ1n) is 4.50. The molecule has 0 spiro atoms. The van der Waals surface area contributed by atoms with E-state index in [9.17, 15) is 23.3 Å². The molecule has 0 atom stereocenters. The molecule has 0 aliphatic rings. The number of nitrogens with two attached hydrogens (primary N) is 1. The highest BCUT2D eigenvalue weighted by Crippen LogP contribution is 2.29. The van der Waals surface area contributed by atoms with Gasteiger partial charge in [0, 0.05) is 12.6 Å². The third kappa shape index (κ3) is 3.91. The highest BCUT2D eigenvalue weighted by Gasteiger charge is 2.30. The molecule has 2 N–H and O–H groups in total. The average molecular weight is 250 g/mol. The number of nitro benzene ring substituents is 1. The number of nitro groups is 1. The Hall–Kier alpha value is -1.83. The molecule has 0 aliphatic heterocycles. The molecule has 8 heteroatoms. The van der Waals surface area contributed by atoms with Gasteiger partial charge in [-0.15, -0.1) is 0 Å². The van der Waals surface area contributed by atoms with Gasteiger partial charge in [-0.1, -0.05) is 6.07 Å². The molecule has 0 heterocycles. The Morgan fingerprint density at radius 2 is 2.06 bits per heavy atom. The van der Waals surface area contributed by atoms with Gasteiger partial charge in [-0.3, -0.25) is 10.1 Å². The summed E-state index contributed by atoms with van der Waals surface area (Å²) in [7, 11) is 0. The molecule has 0 aromatic heterocycles. The van der Waals surface area contributed by atoms with Crippen molar-refractivity contribution >= 4 is 5.69 Å². The standard InChI is InChI=1S/C9H9F3N2O3/c10-9(11,12)5-17-8-2-1-6(4-13)3-7(8)14(15)16/h1-3H,4-5,13H2. The predicted octanol–water partition coefficient (Wildman–Crippen LogP) is 1.99. The number of alkyl halides is 3. The van der Waals surface area contributed by atoms with Crippen molar-refractivity contribution in [3.8, 4) is 5.75 Å². The molecule has 1 aromatic rings. The van der Waals surface area contributed by atoms with Crippen molar-refractivity contribution < 1.29 is 22.8 Å². The molecule has 0 unspecified atom stereocenters. The molecule has 0 saturated carbocycles. The van der Waals surface area contributed by atoms with E-state index in [1.165, 1.54) is 6.07 Å². The van der Waals surface area contributed by atoms with Gasteiger partial charge in [0.05, 0.1) is 4.92 Å². The molecule has 0 radical (unpaired) electrons. The van der Waals surface area contributed by atoms with Gasteiger partial charge in [-0.05, 0) is 11.6 Å². The van der Waals surface area contributed by atoms with Crippen LogP contribution in [0.2, 0.25) is 0 Å². The summed E-state index contributed by atoms with van der Waals surface area (Å²) in [5.41, 5.74) is 5.18. The number of nitrogens with zero attached hydrogens (tertiary/aromatic N) is 1. The van der Waals surface area contributed by atoms with Gasteiger partial charge in [0.2, 0.25) is 0 Å². The van der Waals surface area contributed by atoms with Crippen LogP contribution in [0.25, 0.3) is 0 Å². The zero-order valence-electron chi connectivity index (χ0n) is 8.53. The normalized spacial score (nSPS) is 11.3. The van der Waals surface area contributed by atoms with Crippen LogP contribution in [0.4, 0.5) is 18.9 Å². The minimum atomic E-state index is -4.54. The van der Waals surface area contributed by atoms with Gasteiger partial charge in [0.1, 0.15) is 0 Å². The Bertz CT molecular complexity index is 420. The SMILES string of the molecule is NCc1ccc(OCC(F)(F)F)c([N+](=O)[O-])c1. The van der Waals surface area contributed by atoms with E-state index < -0.39 is 29.1 Å². The fourth-order valence-electron chi connectivity index (χ4n) is 1.11. The molecule has 5 nitrogen and oxygen atoms in total. The average Bonchev–Trinajstić information content (AvgIpc) is 2.25. The van der Waals surface area contributed by atoms with E-state index in [1.54, 1.807) is 0 Å². The number of rotatable bonds is 4. The molecule has 0 amide bonds. The van der Waals surface area contributed by atoms with Crippen LogP contribution in [0.1, 0.15) is 5.56 Å². The topological polar surface area (TPSA) is 78.4 Å². The van der Waals surface area contributed by atoms with Crippen LogP contribution in [-0.2, 0) is 6.54 Å². The van der Waals surface area contributed by atoms with Crippen LogP contribution in [0.15, 0.2) is 18.2 Å². The van der Waals surface area contributed by atoms with E-state index in [1.807, 2.05) is 0 Å². The van der Waals surface area contributed by atoms with E-state index in [0.717, 1.165) is 12.1 Å². The summed E-state index contributed by atoms with van der Waals surface area (Å²) < 4.78 is 40.1. The van der Waals surface area contributed by atoms with Crippen LogP contribution < -0.4 is 10.5 Å². The summed E-state index contributed by atoms with van der Waals surface area (Å²) >= 11 is 0. The maximum atomic E-state index is 11.9. The quantitative estimate of drug-likeness (QED) is 0.654. The van der Waals surface area contributed by atoms with Gasteiger partial charge in [0.25, 0.3) is 0 Å². The van der Waals surface area contributed by atoms with Crippen LogP contribution in [0, 0.1) is 10.1 Å². The molecule has 0 bridgehead atoms. The molecule has 94 valence electrons. The maximum absolute atomic E-state index is 11.9. The maximum Gasteiger partial charge on any atom is 0.422 e. The minimum absolute atomic E-state index is 0.0559. The van der Waals surface area contributed by atoms with Crippen molar-refractivity contribution in [1.29, 1.82) is 0 Å². The second kappa shape index (κ2) is 5.00. The number of hydrogen-bond acceptors (Lipinski definition) is 4. The summed E-state index contributed by atoms with van der Waals surface area (Å²) in [4.78, 5) is 9.80. The van der Waals surface area contributed by atoms with Crippen LogP contribution >= 0.6 is 0 Å². The Labute approximate surface area is 94.1 Å². The third-order valence-electron chi connectivity index (χ3n) is 1.85. The number of benzene rings is 1. The molecule has 0 aliphatic carbocycles. The summed E-state index contributed by atoms with van der Waals surface area (Å²) in [6.07, 6.45) is -4.54. The summed E-state index contributed by atoms with van der Waals surface area (Å²) in [5, 5.41) is 10.6. The largest absolute Gasteiger partial charge is 0.477 e. The zero-order chi connectivity index (χ0) is 13.1. The lowest BCUT2D eigenvalue weighted by atomic mass is 10.2. The Morgan fingerprint density at radius 3 is 2.53 bits per heavy atom. The molecule has 1 aromatic carbocycles. The van der Waals surface area contributed by atoms with Crippen LogP contribution in [0.5, 0.6) is 5.75 Å². The van der Waals surface area contributed by atoms with Crippen molar-refractivity contribution in [3.05, 3.63) is 33.9 Å². The highest BCUT2D eigenvalue weighted by atomic mass is 19.4. The predicted molar refractivity (Wildman–Crippen MR) is 52.5 cm³/mol. The molecular weight excluding hydrogens is 241 g/mol. The van der Waals surface area contributed by atoms with E-state index in [-0.39, 0.29) is 6.54 Å². The molecule has 0 fully saturated rings. The summed E-state index contributed by atoms with van der Waals surface area (Å²) in [5.74, 6) is -0.426. The van der Waals surface area contributed by atoms with Gasteiger partial charge >= 0.3 is 11.9 Å². The minimum Gasteiger partial charge on any atom is -0.477 e. The van der Waals surface area contributed by atoms with E-state index >= 15 is 0 Å². The summed E-state index contributed by atoms with van der Waals surface area (Å²) in [6, 6.07) is 3.57. The Morgan fingerprint density at radius 1 is 1.41 bits per heavy atom. The molecule has 1 rings (SSSR count). The molecular formula is C9H9F3N2O3. The molecule has 17 heavy (non-hydrogen) atoms. The lowest BCUT2D eigenvalue weighted by Crippen LogP contribution is -2.19. The van der Waals surface area contributed by atoms with Crippen molar-refractivity contribution in [2.75, 3.05) is 6.61 Å². The lowest BCUT2D eigenvalue weighted by molar-refractivity contribution is -0.386. The highest BCUT2D eigenvalue weighted by molar-refractivity contribution is 5.48. The first-order chi connectivity index (χ1) is 7.83. The van der Waals surface area contributed by atoms with Crippen molar-refractivity contribution in [2.45, 2.75) is 12.7 Å². The first-order valence-corrected chi connectivity index (χ1v) is 4.50. The van der Waals surface area contributed by atoms with E-state index in [0.29, 0.717) is 5.56 Å². The van der Waals surface area contributed by atoms with Crippen LogP contribution in [0.3, 0.4) is 0 Å². The fourth-order valence-corrected chi connectivity index (χ4v) is 1.11. The van der Waals surface area contributed by atoms with Crippen molar-refractivity contribution in [1.82, 2.24) is 0 Å².